The van der Waals surface area contributed by atoms with Crippen molar-refractivity contribution in [3.63, 3.8) is 0 Å². The van der Waals surface area contributed by atoms with Crippen molar-refractivity contribution < 1.29 is 13.9 Å². The molecule has 2 fully saturated rings. The average Bonchev–Trinajstić information content (AvgIpc) is 3.00. The molecule has 43 heavy (non-hydrogen) atoms. The van der Waals surface area contributed by atoms with E-state index < -0.39 is 17.8 Å². The molecule has 6 rings (SSSR count). The van der Waals surface area contributed by atoms with E-state index in [2.05, 4.69) is 52.5 Å². The van der Waals surface area contributed by atoms with Crippen LogP contribution in [-0.4, -0.2) is 83.6 Å². The first-order valence-corrected chi connectivity index (χ1v) is 15.2. The first-order valence-electron chi connectivity index (χ1n) is 14.8. The molecule has 3 aliphatic heterocycles. The Bertz CT molecular complexity index is 1590. The van der Waals surface area contributed by atoms with E-state index in [9.17, 15) is 14.4 Å². The number of nitriles is 1. The van der Waals surface area contributed by atoms with Crippen LogP contribution >= 0.6 is 11.6 Å². The predicted octanol–water partition coefficient (Wildman–Crippen LogP) is 4.73. The second-order valence-corrected chi connectivity index (χ2v) is 11.7. The number of likely N-dealkylation sites (tertiary alicyclic amines) is 1. The first kappa shape index (κ1) is 29.1. The van der Waals surface area contributed by atoms with Gasteiger partial charge in [0, 0.05) is 55.4 Å². The van der Waals surface area contributed by atoms with Gasteiger partial charge in [-0.25, -0.2) is 4.39 Å². The summed E-state index contributed by atoms with van der Waals surface area (Å²) in [6.45, 7) is 10.2. The number of fused-ring (bicyclic) bond motifs is 2. The molecule has 0 radical (unpaired) electrons. The number of benzene rings is 2. The van der Waals surface area contributed by atoms with E-state index in [0.717, 1.165) is 59.6 Å². The Morgan fingerprint density at radius 3 is 2.67 bits per heavy atom. The molecule has 0 N–H and O–H groups in total. The molecule has 1 unspecified atom stereocenters. The number of halogens is 2. The summed E-state index contributed by atoms with van der Waals surface area (Å²) in [6.07, 6.45) is 1.85. The van der Waals surface area contributed by atoms with Gasteiger partial charge in [-0.2, -0.15) is 15.2 Å². The van der Waals surface area contributed by atoms with Gasteiger partial charge in [-0.1, -0.05) is 49.4 Å². The number of rotatable bonds is 8. The summed E-state index contributed by atoms with van der Waals surface area (Å²) in [7, 11) is 0. The van der Waals surface area contributed by atoms with Crippen molar-refractivity contribution in [3.8, 4) is 12.1 Å². The number of carbonyl (C=O) groups excluding carboxylic acids is 1. The number of hydrogen-bond acceptors (Lipinski definition) is 8. The molecule has 2 atom stereocenters. The van der Waals surface area contributed by atoms with Gasteiger partial charge in [-0.3, -0.25) is 9.69 Å². The molecule has 4 heterocycles. The summed E-state index contributed by atoms with van der Waals surface area (Å²) < 4.78 is 20.0. The molecule has 2 aromatic carbocycles. The van der Waals surface area contributed by atoms with E-state index in [4.69, 9.17) is 26.3 Å². The molecular formula is C32H35ClFN7O2. The van der Waals surface area contributed by atoms with Gasteiger partial charge in [0.1, 0.15) is 12.4 Å². The molecule has 2 saturated heterocycles. The normalized spacial score (nSPS) is 20.4. The Labute approximate surface area is 256 Å². The molecular weight excluding hydrogens is 569 g/mol. The zero-order valence-electron chi connectivity index (χ0n) is 24.3. The molecule has 1 aromatic heterocycles. The fraction of sp³-hybridized carbons (Fsp3) is 0.438. The molecule has 1 amide bonds. The van der Waals surface area contributed by atoms with E-state index >= 15 is 0 Å². The summed E-state index contributed by atoms with van der Waals surface area (Å²) in [4.78, 5) is 30.5. The van der Waals surface area contributed by atoms with Gasteiger partial charge in [0.05, 0.1) is 35.8 Å². The minimum Gasteiger partial charge on any atom is -0.462 e. The Morgan fingerprint density at radius 1 is 1.14 bits per heavy atom. The summed E-state index contributed by atoms with van der Waals surface area (Å²) in [5.41, 5.74) is 2.96. The van der Waals surface area contributed by atoms with E-state index in [1.165, 1.54) is 4.90 Å². The minimum absolute atomic E-state index is 0.0797. The summed E-state index contributed by atoms with van der Waals surface area (Å²) in [5.74, 6) is -1.03. The van der Waals surface area contributed by atoms with Gasteiger partial charge in [-0.15, -0.1) is 0 Å². The zero-order chi connectivity index (χ0) is 30.1. The van der Waals surface area contributed by atoms with Crippen LogP contribution in [0.4, 0.5) is 15.9 Å². The number of amides is 1. The zero-order valence-corrected chi connectivity index (χ0v) is 25.1. The maximum atomic E-state index is 13.8. The van der Waals surface area contributed by atoms with Crippen molar-refractivity contribution in [2.75, 3.05) is 55.7 Å². The highest BCUT2D eigenvalue weighted by molar-refractivity contribution is 6.36. The van der Waals surface area contributed by atoms with Gasteiger partial charge in [-0.05, 0) is 36.9 Å². The van der Waals surface area contributed by atoms with Gasteiger partial charge in [0.25, 0.3) is 5.91 Å². The van der Waals surface area contributed by atoms with Gasteiger partial charge in [0.2, 0.25) is 0 Å². The number of ether oxygens (including phenoxy) is 1. The molecule has 0 saturated carbocycles. The number of carbonyl (C=O) groups is 1. The van der Waals surface area contributed by atoms with E-state index in [1.807, 2.05) is 18.2 Å². The third kappa shape index (κ3) is 5.71. The summed E-state index contributed by atoms with van der Waals surface area (Å²) in [6, 6.07) is 14.5. The third-order valence-electron chi connectivity index (χ3n) is 8.87. The van der Waals surface area contributed by atoms with Crippen LogP contribution in [0.15, 0.2) is 48.8 Å². The van der Waals surface area contributed by atoms with Crippen molar-refractivity contribution in [1.82, 2.24) is 19.8 Å². The van der Waals surface area contributed by atoms with E-state index in [1.54, 1.807) is 0 Å². The van der Waals surface area contributed by atoms with E-state index in [-0.39, 0.29) is 13.0 Å². The topological polar surface area (TPSA) is 88.8 Å². The van der Waals surface area contributed by atoms with E-state index in [0.29, 0.717) is 49.7 Å². The fourth-order valence-corrected chi connectivity index (χ4v) is 6.76. The molecule has 0 bridgehead atoms. The lowest BCUT2D eigenvalue weighted by molar-refractivity contribution is -0.131. The maximum absolute atomic E-state index is 13.8. The van der Waals surface area contributed by atoms with Crippen LogP contribution in [0.5, 0.6) is 6.01 Å². The van der Waals surface area contributed by atoms with Gasteiger partial charge in [0.15, 0.2) is 5.83 Å². The molecule has 11 heteroatoms. The fourth-order valence-electron chi connectivity index (χ4n) is 6.48. The lowest BCUT2D eigenvalue weighted by Crippen LogP contribution is -2.55. The van der Waals surface area contributed by atoms with Crippen LogP contribution in [0.2, 0.25) is 5.02 Å². The largest absolute Gasteiger partial charge is 0.462 e. The smallest absolute Gasteiger partial charge is 0.318 e. The number of aromatic nitrogens is 2. The van der Waals surface area contributed by atoms with Crippen molar-refractivity contribution in [3.05, 3.63) is 65.1 Å². The Hall–Kier alpha value is -3.94. The quantitative estimate of drug-likeness (QED) is 0.342. The second kappa shape index (κ2) is 12.3. The van der Waals surface area contributed by atoms with Crippen molar-refractivity contribution in [2.45, 2.75) is 44.8 Å². The average molecular weight is 604 g/mol. The summed E-state index contributed by atoms with van der Waals surface area (Å²) in [5, 5.41) is 12.3. The number of likely N-dealkylation sites (N-methyl/N-ethyl adjacent to an activating group) is 1. The number of nitrogens with zero attached hydrogens (tertiary/aromatic N) is 7. The van der Waals surface area contributed by atoms with Crippen LogP contribution < -0.4 is 14.5 Å². The van der Waals surface area contributed by atoms with Crippen molar-refractivity contribution in [2.24, 2.45) is 0 Å². The second-order valence-electron chi connectivity index (χ2n) is 11.3. The van der Waals surface area contributed by atoms with Gasteiger partial charge >= 0.3 is 6.01 Å². The SMILES string of the molecule is C=C(F)C(=O)N1CCN(c2nc(OCC3CCN3CC)nc3c2CCN(c2cccc4cccc(Cl)c24)C3)C[C@@H]1CC#N. The number of hydrogen-bond donors (Lipinski definition) is 0. The predicted molar refractivity (Wildman–Crippen MR) is 165 cm³/mol. The highest BCUT2D eigenvalue weighted by atomic mass is 35.5. The first-order chi connectivity index (χ1) is 20.9. The lowest BCUT2D eigenvalue weighted by atomic mass is 10.0. The highest BCUT2D eigenvalue weighted by Crippen LogP contribution is 2.37. The Kier molecular flexibility index (Phi) is 8.37. The van der Waals surface area contributed by atoms with Crippen molar-refractivity contribution >= 4 is 39.8 Å². The molecule has 224 valence electrons. The minimum atomic E-state index is -1.02. The van der Waals surface area contributed by atoms with Crippen LogP contribution in [0, 0.1) is 11.3 Å². The van der Waals surface area contributed by atoms with Gasteiger partial charge < -0.3 is 19.4 Å². The van der Waals surface area contributed by atoms with Crippen LogP contribution in [-0.2, 0) is 17.8 Å². The standard InChI is InChI=1S/C32H35ClFN7O2/c1-3-38-14-11-24(38)20-43-32-36-27-19-39(28-9-5-7-22-6-4-8-26(33)29(22)28)15-12-25(27)30(37-32)40-16-17-41(31(42)21(2)34)23(18-40)10-13-35/h4-9,23-24H,2-3,10-12,14-20H2,1H3/t23-,24?/m0/s1. The van der Waals surface area contributed by atoms with Crippen LogP contribution in [0.25, 0.3) is 10.8 Å². The van der Waals surface area contributed by atoms with Crippen LogP contribution in [0.1, 0.15) is 31.0 Å². The van der Waals surface area contributed by atoms with Crippen LogP contribution in [0.3, 0.4) is 0 Å². The molecule has 0 spiro atoms. The Balaban J connectivity index is 1.33. The maximum Gasteiger partial charge on any atom is 0.318 e. The summed E-state index contributed by atoms with van der Waals surface area (Å²) >= 11 is 6.68. The monoisotopic (exact) mass is 603 g/mol. The molecule has 9 nitrogen and oxygen atoms in total. The highest BCUT2D eigenvalue weighted by Gasteiger charge is 2.35. The van der Waals surface area contributed by atoms with Crippen molar-refractivity contribution in [1.29, 1.82) is 5.26 Å². The third-order valence-corrected chi connectivity index (χ3v) is 9.19. The Morgan fingerprint density at radius 2 is 1.95 bits per heavy atom. The number of anilines is 2. The molecule has 0 aliphatic carbocycles. The molecule has 3 aromatic rings. The molecule has 3 aliphatic rings. The lowest BCUT2D eigenvalue weighted by Gasteiger charge is -2.42. The number of piperazine rings is 1.